The molecule has 2 aromatic carbocycles. The first-order chi connectivity index (χ1) is 15.9. The van der Waals surface area contributed by atoms with Gasteiger partial charge in [0, 0.05) is 6.42 Å². The van der Waals surface area contributed by atoms with Crippen LogP contribution in [0.3, 0.4) is 0 Å². The quantitative estimate of drug-likeness (QED) is 0.308. The van der Waals surface area contributed by atoms with Crippen LogP contribution in [-0.2, 0) is 28.6 Å². The molecule has 0 saturated heterocycles. The van der Waals surface area contributed by atoms with E-state index < -0.39 is 15.9 Å². The van der Waals surface area contributed by atoms with Gasteiger partial charge in [0.15, 0.2) is 0 Å². The molecule has 6 heteroatoms. The van der Waals surface area contributed by atoms with Crippen LogP contribution in [0.15, 0.2) is 48.5 Å². The van der Waals surface area contributed by atoms with Crippen molar-refractivity contribution < 1.29 is 17.7 Å². The Hall–Kier alpha value is -1.89. The monoisotopic (exact) mass is 489 g/mol. The van der Waals surface area contributed by atoms with Gasteiger partial charge in [-0.1, -0.05) is 96.2 Å². The zero-order valence-corrected chi connectivity index (χ0v) is 22.2. The molecule has 190 valence electrons. The SMILES string of the molecule is CCCCCCC(O)(CCCCc1ccc(OS(N)(=O)=O)cc1)Cc1ccc(C(C)(C)C)cc1. The summed E-state index contributed by atoms with van der Waals surface area (Å²) in [5.41, 5.74) is 3.04. The van der Waals surface area contributed by atoms with Crippen molar-refractivity contribution in [3.8, 4) is 5.75 Å². The average Bonchev–Trinajstić information content (AvgIpc) is 2.74. The molecular formula is C28H43NO4S. The Balaban J connectivity index is 1.93. The number of unbranched alkanes of at least 4 members (excludes halogenated alkanes) is 4. The molecule has 0 heterocycles. The van der Waals surface area contributed by atoms with Crippen LogP contribution in [-0.4, -0.2) is 19.1 Å². The van der Waals surface area contributed by atoms with Crippen LogP contribution in [0, 0.1) is 0 Å². The fourth-order valence-electron chi connectivity index (χ4n) is 4.31. The minimum atomic E-state index is -4.00. The first-order valence-electron chi connectivity index (χ1n) is 12.5. The van der Waals surface area contributed by atoms with Gasteiger partial charge >= 0.3 is 10.3 Å². The summed E-state index contributed by atoms with van der Waals surface area (Å²) in [6.07, 6.45) is 9.64. The van der Waals surface area contributed by atoms with Crippen LogP contribution in [0.25, 0.3) is 0 Å². The third-order valence-electron chi connectivity index (χ3n) is 6.34. The minimum absolute atomic E-state index is 0.123. The lowest BCUT2D eigenvalue weighted by atomic mass is 9.82. The number of benzene rings is 2. The van der Waals surface area contributed by atoms with Gasteiger partial charge in [-0.05, 0) is 59.9 Å². The van der Waals surface area contributed by atoms with Gasteiger partial charge in [-0.3, -0.25) is 0 Å². The fourth-order valence-corrected chi connectivity index (χ4v) is 4.69. The lowest BCUT2D eigenvalue weighted by Crippen LogP contribution is -2.31. The molecule has 0 aliphatic carbocycles. The molecular weight excluding hydrogens is 446 g/mol. The Morgan fingerprint density at radius 3 is 1.91 bits per heavy atom. The fraction of sp³-hybridized carbons (Fsp3) is 0.571. The Labute approximate surface area is 207 Å². The smallest absolute Gasteiger partial charge is 0.380 e. The number of hydrogen-bond acceptors (Lipinski definition) is 4. The molecule has 0 radical (unpaired) electrons. The van der Waals surface area contributed by atoms with Gasteiger partial charge in [-0.25, -0.2) is 0 Å². The second kappa shape index (κ2) is 12.7. The largest absolute Gasteiger partial charge is 0.390 e. The molecule has 5 nitrogen and oxygen atoms in total. The molecule has 0 aliphatic rings. The van der Waals surface area contributed by atoms with E-state index in [9.17, 15) is 13.5 Å². The molecule has 34 heavy (non-hydrogen) atoms. The molecule has 0 bridgehead atoms. The van der Waals surface area contributed by atoms with Crippen molar-refractivity contribution in [3.63, 3.8) is 0 Å². The minimum Gasteiger partial charge on any atom is -0.390 e. The summed E-state index contributed by atoms with van der Waals surface area (Å²) in [7, 11) is -4.00. The van der Waals surface area contributed by atoms with Gasteiger partial charge in [0.25, 0.3) is 0 Å². The van der Waals surface area contributed by atoms with E-state index in [1.807, 2.05) is 12.1 Å². The zero-order valence-electron chi connectivity index (χ0n) is 21.3. The van der Waals surface area contributed by atoms with Crippen molar-refractivity contribution in [1.82, 2.24) is 0 Å². The average molecular weight is 490 g/mol. The summed E-state index contributed by atoms with van der Waals surface area (Å²) in [5, 5.41) is 16.5. The summed E-state index contributed by atoms with van der Waals surface area (Å²) in [6, 6.07) is 15.7. The number of hydrogen-bond donors (Lipinski definition) is 2. The topological polar surface area (TPSA) is 89.6 Å². The number of rotatable bonds is 14. The van der Waals surface area contributed by atoms with Crippen molar-refractivity contribution in [1.29, 1.82) is 0 Å². The predicted octanol–water partition coefficient (Wildman–Crippen LogP) is 6.22. The Morgan fingerprint density at radius 2 is 1.38 bits per heavy atom. The van der Waals surface area contributed by atoms with E-state index in [0.717, 1.165) is 50.5 Å². The van der Waals surface area contributed by atoms with Crippen LogP contribution in [0.5, 0.6) is 5.75 Å². The summed E-state index contributed by atoms with van der Waals surface area (Å²) < 4.78 is 26.7. The van der Waals surface area contributed by atoms with E-state index in [0.29, 0.717) is 6.42 Å². The van der Waals surface area contributed by atoms with E-state index in [1.54, 1.807) is 12.1 Å². The standard InChI is InChI=1S/C28H43NO4S/c1-5-6-7-9-20-28(30,22-24-12-16-25(17-13-24)27(2,3)4)21-10-8-11-23-14-18-26(19-15-23)33-34(29,31)32/h12-19,30H,5-11,20-22H2,1-4H3,(H2,29,31,32). The second-order valence-electron chi connectivity index (χ2n) is 10.6. The van der Waals surface area contributed by atoms with Crippen LogP contribution < -0.4 is 9.32 Å². The highest BCUT2D eigenvalue weighted by atomic mass is 32.2. The number of aliphatic hydroxyl groups is 1. The van der Waals surface area contributed by atoms with E-state index in [4.69, 9.17) is 5.14 Å². The number of aryl methyl sites for hydroxylation is 1. The maximum Gasteiger partial charge on any atom is 0.380 e. The molecule has 2 aromatic rings. The summed E-state index contributed by atoms with van der Waals surface area (Å²) in [6.45, 7) is 8.85. The van der Waals surface area contributed by atoms with Crippen LogP contribution in [0.2, 0.25) is 0 Å². The number of nitrogens with two attached hydrogens (primary N) is 1. The molecule has 2 rings (SSSR count). The highest BCUT2D eigenvalue weighted by molar-refractivity contribution is 7.84. The first-order valence-corrected chi connectivity index (χ1v) is 14.0. The summed E-state index contributed by atoms with van der Waals surface area (Å²) in [5.74, 6) is 0.213. The lowest BCUT2D eigenvalue weighted by molar-refractivity contribution is 0.0181. The Morgan fingerprint density at radius 1 is 0.824 bits per heavy atom. The van der Waals surface area contributed by atoms with E-state index in [-0.39, 0.29) is 11.2 Å². The highest BCUT2D eigenvalue weighted by Gasteiger charge is 2.26. The normalized spacial score (nSPS) is 14.1. The first kappa shape index (κ1) is 28.3. The van der Waals surface area contributed by atoms with E-state index in [2.05, 4.69) is 56.1 Å². The Bertz CT molecular complexity index is 963. The van der Waals surface area contributed by atoms with Gasteiger partial charge in [0.1, 0.15) is 5.75 Å². The van der Waals surface area contributed by atoms with Crippen molar-refractivity contribution in [3.05, 3.63) is 65.2 Å². The second-order valence-corrected chi connectivity index (χ2v) is 11.7. The Kier molecular flexibility index (Phi) is 10.6. The van der Waals surface area contributed by atoms with Gasteiger partial charge in [0.2, 0.25) is 0 Å². The molecule has 0 aliphatic heterocycles. The molecule has 0 fully saturated rings. The predicted molar refractivity (Wildman–Crippen MR) is 140 cm³/mol. The molecule has 0 aromatic heterocycles. The third kappa shape index (κ3) is 10.6. The van der Waals surface area contributed by atoms with Gasteiger partial charge in [0.05, 0.1) is 5.60 Å². The molecule has 0 saturated carbocycles. The van der Waals surface area contributed by atoms with Crippen LogP contribution in [0.4, 0.5) is 0 Å². The molecule has 0 spiro atoms. The van der Waals surface area contributed by atoms with Crippen LogP contribution in [0.1, 0.15) is 95.8 Å². The third-order valence-corrected chi connectivity index (χ3v) is 6.77. The molecule has 0 amide bonds. The molecule has 1 atom stereocenters. The lowest BCUT2D eigenvalue weighted by Gasteiger charge is -2.29. The van der Waals surface area contributed by atoms with Crippen molar-refractivity contribution in [2.45, 2.75) is 103 Å². The van der Waals surface area contributed by atoms with Crippen LogP contribution >= 0.6 is 0 Å². The van der Waals surface area contributed by atoms with Crippen molar-refractivity contribution in [2.75, 3.05) is 0 Å². The molecule has 1 unspecified atom stereocenters. The van der Waals surface area contributed by atoms with E-state index in [1.165, 1.54) is 24.0 Å². The van der Waals surface area contributed by atoms with Crippen molar-refractivity contribution >= 4 is 10.3 Å². The maximum absolute atomic E-state index is 11.5. The van der Waals surface area contributed by atoms with Gasteiger partial charge in [-0.2, -0.15) is 13.6 Å². The van der Waals surface area contributed by atoms with Crippen molar-refractivity contribution in [2.24, 2.45) is 5.14 Å². The zero-order chi connectivity index (χ0) is 25.2. The van der Waals surface area contributed by atoms with Gasteiger partial charge in [-0.15, -0.1) is 0 Å². The summed E-state index contributed by atoms with van der Waals surface area (Å²) >= 11 is 0. The maximum atomic E-state index is 11.5. The highest BCUT2D eigenvalue weighted by Crippen LogP contribution is 2.29. The molecule has 3 N–H and O–H groups in total. The van der Waals surface area contributed by atoms with Gasteiger partial charge < -0.3 is 9.29 Å². The van der Waals surface area contributed by atoms with E-state index >= 15 is 0 Å². The summed E-state index contributed by atoms with van der Waals surface area (Å²) in [4.78, 5) is 0.